The largest absolute Gasteiger partial charge is 0.0911 e. The third kappa shape index (κ3) is 1.46. The van der Waals surface area contributed by atoms with Crippen molar-refractivity contribution in [1.29, 1.82) is 0 Å². The normalized spacial score (nSPS) is 11.9. The first kappa shape index (κ1) is 11.0. The van der Waals surface area contributed by atoms with Gasteiger partial charge in [0.2, 0.25) is 0 Å². The predicted octanol–water partition coefficient (Wildman–Crippen LogP) is 4.46. The Morgan fingerprint density at radius 2 is 1.78 bits per heavy atom. The van der Waals surface area contributed by atoms with Crippen LogP contribution in [0.15, 0.2) is 42.5 Å². The Bertz CT molecular complexity index is 807. The third-order valence-electron chi connectivity index (χ3n) is 3.56. The zero-order chi connectivity index (χ0) is 12.7. The molecule has 3 aromatic rings. The molecule has 0 fully saturated rings. The van der Waals surface area contributed by atoms with Gasteiger partial charge < -0.3 is 0 Å². The molecule has 0 bridgehead atoms. The van der Waals surface area contributed by atoms with Crippen molar-refractivity contribution in [3.8, 4) is 0 Å². The summed E-state index contributed by atoms with van der Waals surface area (Å²) in [6, 6.07) is 13.0. The van der Waals surface area contributed by atoms with E-state index in [1.807, 2.05) is 0 Å². The molecule has 0 saturated carbocycles. The Balaban J connectivity index is 2.69. The van der Waals surface area contributed by atoms with Crippen molar-refractivity contribution in [2.24, 2.45) is 0 Å². The molecule has 0 aromatic heterocycles. The highest BCUT2D eigenvalue weighted by Gasteiger charge is 2.08. The minimum atomic E-state index is 1.11. The smallest absolute Gasteiger partial charge is 0.00268 e. The maximum Gasteiger partial charge on any atom is -0.00268 e. The molecule has 0 aliphatic rings. The van der Waals surface area contributed by atoms with E-state index in [0.717, 1.165) is 5.22 Å². The minimum absolute atomic E-state index is 1.11. The Hall–Kier alpha value is -2.08. The van der Waals surface area contributed by atoms with Crippen molar-refractivity contribution >= 4 is 34.2 Å². The highest BCUT2D eigenvalue weighted by Crippen LogP contribution is 2.30. The summed E-state index contributed by atoms with van der Waals surface area (Å²) >= 11 is 0. The van der Waals surface area contributed by atoms with Gasteiger partial charge in [0.25, 0.3) is 0 Å². The SMILES string of the molecule is C=c1ccc2cccc3cc(C)c(/C=C\C)c1c23. The van der Waals surface area contributed by atoms with Gasteiger partial charge in [-0.15, -0.1) is 0 Å². The average molecular weight is 232 g/mol. The molecular weight excluding hydrogens is 216 g/mol. The van der Waals surface area contributed by atoms with Crippen LogP contribution >= 0.6 is 0 Å². The van der Waals surface area contributed by atoms with E-state index < -0.39 is 0 Å². The maximum atomic E-state index is 4.20. The first-order chi connectivity index (χ1) is 8.72. The lowest BCUT2D eigenvalue weighted by molar-refractivity contribution is 1.48. The molecule has 88 valence electrons. The number of rotatable bonds is 1. The highest BCUT2D eigenvalue weighted by molar-refractivity contribution is 6.13. The summed E-state index contributed by atoms with van der Waals surface area (Å²) < 4.78 is 0. The van der Waals surface area contributed by atoms with Crippen LogP contribution in [0.4, 0.5) is 0 Å². The van der Waals surface area contributed by atoms with Crippen LogP contribution in [0.2, 0.25) is 0 Å². The molecule has 3 rings (SSSR count). The van der Waals surface area contributed by atoms with Crippen molar-refractivity contribution in [2.45, 2.75) is 13.8 Å². The predicted molar refractivity (Wildman–Crippen MR) is 81.6 cm³/mol. The first-order valence-corrected chi connectivity index (χ1v) is 6.28. The molecule has 0 heterocycles. The lowest BCUT2D eigenvalue weighted by Crippen LogP contribution is -2.02. The maximum absolute atomic E-state index is 4.20. The molecule has 0 heteroatoms. The monoisotopic (exact) mass is 232 g/mol. The van der Waals surface area contributed by atoms with E-state index in [1.54, 1.807) is 0 Å². The van der Waals surface area contributed by atoms with E-state index in [0.29, 0.717) is 0 Å². The van der Waals surface area contributed by atoms with E-state index in [-0.39, 0.29) is 0 Å². The quantitative estimate of drug-likeness (QED) is 0.581. The second kappa shape index (κ2) is 3.99. The Morgan fingerprint density at radius 3 is 2.56 bits per heavy atom. The summed E-state index contributed by atoms with van der Waals surface area (Å²) in [5.74, 6) is 0. The zero-order valence-electron chi connectivity index (χ0n) is 10.8. The molecule has 18 heavy (non-hydrogen) atoms. The van der Waals surface area contributed by atoms with Gasteiger partial charge in [0.05, 0.1) is 0 Å². The van der Waals surface area contributed by atoms with Gasteiger partial charge in [-0.2, -0.15) is 0 Å². The summed E-state index contributed by atoms with van der Waals surface area (Å²) in [6.45, 7) is 8.43. The molecule has 3 aromatic carbocycles. The van der Waals surface area contributed by atoms with Gasteiger partial charge in [0, 0.05) is 0 Å². The molecule has 0 aliphatic heterocycles. The number of hydrogen-bond donors (Lipinski definition) is 0. The Labute approximate surface area is 107 Å². The second-order valence-corrected chi connectivity index (χ2v) is 4.79. The van der Waals surface area contributed by atoms with Crippen molar-refractivity contribution in [3.63, 3.8) is 0 Å². The summed E-state index contributed by atoms with van der Waals surface area (Å²) in [5.41, 5.74) is 2.61. The first-order valence-electron chi connectivity index (χ1n) is 6.28. The van der Waals surface area contributed by atoms with Crippen molar-refractivity contribution in [2.75, 3.05) is 0 Å². The number of allylic oxidation sites excluding steroid dienone is 1. The van der Waals surface area contributed by atoms with Crippen LogP contribution in [0.5, 0.6) is 0 Å². The van der Waals surface area contributed by atoms with E-state index in [2.05, 4.69) is 69.0 Å². The van der Waals surface area contributed by atoms with E-state index in [1.165, 1.54) is 32.7 Å². The third-order valence-corrected chi connectivity index (χ3v) is 3.56. The van der Waals surface area contributed by atoms with E-state index in [9.17, 15) is 0 Å². The molecule has 0 aliphatic carbocycles. The average Bonchev–Trinajstić information content (AvgIpc) is 2.36. The summed E-state index contributed by atoms with van der Waals surface area (Å²) in [5, 5.41) is 6.33. The van der Waals surface area contributed by atoms with E-state index >= 15 is 0 Å². The fourth-order valence-corrected chi connectivity index (χ4v) is 2.77. The highest BCUT2D eigenvalue weighted by atomic mass is 14.1. The molecular formula is C18H16. The molecule has 0 radical (unpaired) electrons. The topological polar surface area (TPSA) is 0 Å². The molecule has 0 spiro atoms. The van der Waals surface area contributed by atoms with Crippen LogP contribution < -0.4 is 5.22 Å². The van der Waals surface area contributed by atoms with Gasteiger partial charge in [-0.1, -0.05) is 55.1 Å². The van der Waals surface area contributed by atoms with Crippen molar-refractivity contribution in [3.05, 3.63) is 58.8 Å². The summed E-state index contributed by atoms with van der Waals surface area (Å²) in [6.07, 6.45) is 4.28. The van der Waals surface area contributed by atoms with Crippen molar-refractivity contribution in [1.82, 2.24) is 0 Å². The molecule has 0 unspecified atom stereocenters. The Morgan fingerprint density at radius 1 is 1.00 bits per heavy atom. The van der Waals surface area contributed by atoms with Crippen LogP contribution in [0.1, 0.15) is 18.1 Å². The van der Waals surface area contributed by atoms with Crippen LogP contribution in [0.25, 0.3) is 34.2 Å². The lowest BCUT2D eigenvalue weighted by atomic mass is 9.92. The van der Waals surface area contributed by atoms with Crippen LogP contribution in [0, 0.1) is 6.92 Å². The molecule has 0 N–H and O–H groups in total. The second-order valence-electron chi connectivity index (χ2n) is 4.79. The molecule has 0 nitrogen and oxygen atoms in total. The van der Waals surface area contributed by atoms with Gasteiger partial charge in [0.1, 0.15) is 0 Å². The van der Waals surface area contributed by atoms with Gasteiger partial charge in [0.15, 0.2) is 0 Å². The van der Waals surface area contributed by atoms with Crippen LogP contribution in [-0.4, -0.2) is 0 Å². The lowest BCUT2D eigenvalue weighted by Gasteiger charge is -2.12. The number of hydrogen-bond acceptors (Lipinski definition) is 0. The minimum Gasteiger partial charge on any atom is -0.0911 e. The van der Waals surface area contributed by atoms with Gasteiger partial charge >= 0.3 is 0 Å². The molecule has 0 amide bonds. The molecule has 0 saturated heterocycles. The fraction of sp³-hybridized carbons (Fsp3) is 0.111. The Kier molecular flexibility index (Phi) is 2.45. The van der Waals surface area contributed by atoms with E-state index in [4.69, 9.17) is 0 Å². The van der Waals surface area contributed by atoms with Crippen LogP contribution in [0.3, 0.4) is 0 Å². The standard InChI is InChI=1S/C18H16/c1-4-6-16-13(3)11-15-8-5-7-14-10-9-12(2)17(16)18(14)15/h4-11H,2H2,1,3H3/b6-4-. The van der Waals surface area contributed by atoms with Gasteiger partial charge in [-0.25, -0.2) is 0 Å². The van der Waals surface area contributed by atoms with Crippen molar-refractivity contribution < 1.29 is 0 Å². The zero-order valence-corrected chi connectivity index (χ0v) is 10.8. The van der Waals surface area contributed by atoms with Crippen LogP contribution in [-0.2, 0) is 0 Å². The number of aryl methyl sites for hydroxylation is 1. The number of benzene rings is 3. The van der Waals surface area contributed by atoms with Gasteiger partial charge in [-0.05, 0) is 51.7 Å². The van der Waals surface area contributed by atoms with Gasteiger partial charge in [-0.3, -0.25) is 0 Å². The summed E-state index contributed by atoms with van der Waals surface area (Å²) in [4.78, 5) is 0. The molecule has 0 atom stereocenters. The summed E-state index contributed by atoms with van der Waals surface area (Å²) in [7, 11) is 0. The fourth-order valence-electron chi connectivity index (χ4n) is 2.77.